The summed E-state index contributed by atoms with van der Waals surface area (Å²) < 4.78 is 1.82. The van der Waals surface area contributed by atoms with Gasteiger partial charge < -0.3 is 4.90 Å². The second-order valence-electron chi connectivity index (χ2n) is 3.90. The van der Waals surface area contributed by atoms with Crippen LogP contribution in [-0.4, -0.2) is 29.3 Å². The molecule has 18 heavy (non-hydrogen) atoms. The van der Waals surface area contributed by atoms with Gasteiger partial charge in [0.25, 0.3) is 5.91 Å². The van der Waals surface area contributed by atoms with E-state index in [1.54, 1.807) is 0 Å². The Morgan fingerprint density at radius 3 is 2.44 bits per heavy atom. The molecule has 0 spiro atoms. The second-order valence-corrected chi connectivity index (χ2v) is 8.02. The van der Waals surface area contributed by atoms with Gasteiger partial charge in [-0.1, -0.05) is 13.8 Å². The molecule has 0 radical (unpaired) electrons. The Morgan fingerprint density at radius 2 is 2.06 bits per heavy atom. The second kappa shape index (κ2) is 7.88. The number of nitrogens with zero attached hydrogens (tertiary/aromatic N) is 1. The monoisotopic (exact) mass is 415 g/mol. The summed E-state index contributed by atoms with van der Waals surface area (Å²) in [5, 5.41) is 0. The van der Waals surface area contributed by atoms with Gasteiger partial charge in [0, 0.05) is 18.5 Å². The Hall–Kier alpha value is 0.420. The summed E-state index contributed by atoms with van der Waals surface area (Å²) in [6.45, 7) is 4.79. The van der Waals surface area contributed by atoms with Crippen LogP contribution in [-0.2, 0) is 0 Å². The molecule has 102 valence electrons. The molecule has 0 saturated heterocycles. The van der Waals surface area contributed by atoms with Crippen LogP contribution in [0.3, 0.4) is 0 Å². The first-order chi connectivity index (χ1) is 8.54. The minimum Gasteiger partial charge on any atom is -0.334 e. The van der Waals surface area contributed by atoms with E-state index in [0.29, 0.717) is 18.0 Å². The largest absolute Gasteiger partial charge is 0.334 e. The standard InChI is InChI=1S/C12H16Br2ClNOS/c1-3-8(4-2)16(6-5-15)12(17)9-7-10(13)18-11(9)14/h7-8H,3-6H2,1-2H3. The van der Waals surface area contributed by atoms with E-state index in [9.17, 15) is 4.79 Å². The Morgan fingerprint density at radius 1 is 1.44 bits per heavy atom. The molecule has 0 atom stereocenters. The number of hydrogen-bond acceptors (Lipinski definition) is 2. The number of thiophene rings is 1. The van der Waals surface area contributed by atoms with Crippen LogP contribution < -0.4 is 0 Å². The third-order valence-corrected chi connectivity index (χ3v) is 5.36. The number of carbonyl (C=O) groups is 1. The van der Waals surface area contributed by atoms with Crippen LogP contribution in [0.2, 0.25) is 0 Å². The zero-order chi connectivity index (χ0) is 13.7. The lowest BCUT2D eigenvalue weighted by Crippen LogP contribution is -2.41. The van der Waals surface area contributed by atoms with Crippen LogP contribution in [0.25, 0.3) is 0 Å². The molecule has 0 aromatic carbocycles. The predicted molar refractivity (Wildman–Crippen MR) is 85.8 cm³/mol. The molecule has 0 unspecified atom stereocenters. The zero-order valence-electron chi connectivity index (χ0n) is 10.4. The molecule has 1 aromatic rings. The summed E-state index contributed by atoms with van der Waals surface area (Å²) >= 11 is 14.2. The third-order valence-electron chi connectivity index (χ3n) is 2.86. The molecule has 0 N–H and O–H groups in total. The predicted octanol–water partition coefficient (Wildman–Crippen LogP) is 5.14. The Bertz CT molecular complexity index is 407. The van der Waals surface area contributed by atoms with Crippen LogP contribution in [0.4, 0.5) is 0 Å². The number of hydrogen-bond donors (Lipinski definition) is 0. The average molecular weight is 418 g/mol. The van der Waals surface area contributed by atoms with Crippen LogP contribution in [0, 0.1) is 0 Å². The minimum atomic E-state index is 0.0539. The molecular weight excluding hydrogens is 401 g/mol. The van der Waals surface area contributed by atoms with Crippen molar-refractivity contribution in [1.82, 2.24) is 4.90 Å². The van der Waals surface area contributed by atoms with E-state index in [0.717, 1.165) is 20.4 Å². The summed E-state index contributed by atoms with van der Waals surface area (Å²) in [5.74, 6) is 0.517. The summed E-state index contributed by atoms with van der Waals surface area (Å²) in [5.41, 5.74) is 0.712. The highest BCUT2D eigenvalue weighted by Gasteiger charge is 2.24. The number of amides is 1. The van der Waals surface area contributed by atoms with E-state index < -0.39 is 0 Å². The fourth-order valence-corrected chi connectivity index (χ4v) is 4.87. The highest BCUT2D eigenvalue weighted by Crippen LogP contribution is 2.33. The minimum absolute atomic E-state index is 0.0539. The maximum absolute atomic E-state index is 12.6. The van der Waals surface area contributed by atoms with Crippen LogP contribution in [0.15, 0.2) is 13.6 Å². The molecule has 0 aliphatic rings. The topological polar surface area (TPSA) is 20.3 Å². The average Bonchev–Trinajstić information content (AvgIpc) is 2.68. The lowest BCUT2D eigenvalue weighted by atomic mass is 10.1. The van der Waals surface area contributed by atoms with Gasteiger partial charge in [-0.3, -0.25) is 4.79 Å². The fourth-order valence-electron chi connectivity index (χ4n) is 1.91. The molecule has 0 saturated carbocycles. The Kier molecular flexibility index (Phi) is 7.21. The van der Waals surface area contributed by atoms with Gasteiger partial charge in [0.15, 0.2) is 0 Å². The Balaban J connectivity index is 2.98. The van der Waals surface area contributed by atoms with Gasteiger partial charge in [-0.2, -0.15) is 0 Å². The first kappa shape index (κ1) is 16.5. The van der Waals surface area contributed by atoms with E-state index >= 15 is 0 Å². The molecule has 2 nitrogen and oxygen atoms in total. The van der Waals surface area contributed by atoms with Gasteiger partial charge in [0.1, 0.15) is 0 Å². The van der Waals surface area contributed by atoms with Crippen molar-refractivity contribution in [2.24, 2.45) is 0 Å². The molecule has 6 heteroatoms. The maximum Gasteiger partial charge on any atom is 0.256 e. The summed E-state index contributed by atoms with van der Waals surface area (Å²) in [6, 6.07) is 2.11. The summed E-state index contributed by atoms with van der Waals surface area (Å²) in [7, 11) is 0. The Labute approximate surface area is 134 Å². The highest BCUT2D eigenvalue weighted by atomic mass is 79.9. The SMILES string of the molecule is CCC(CC)N(CCCl)C(=O)c1cc(Br)sc1Br. The van der Waals surface area contributed by atoms with Crippen LogP contribution in [0.5, 0.6) is 0 Å². The third kappa shape index (κ3) is 3.95. The van der Waals surface area contributed by atoms with Gasteiger partial charge in [-0.05, 0) is 50.8 Å². The van der Waals surface area contributed by atoms with Crippen molar-refractivity contribution in [2.75, 3.05) is 12.4 Å². The van der Waals surface area contributed by atoms with Gasteiger partial charge in [-0.25, -0.2) is 0 Å². The first-order valence-corrected chi connectivity index (χ1v) is 8.80. The summed E-state index contributed by atoms with van der Waals surface area (Å²) in [6.07, 6.45) is 1.89. The molecule has 1 aromatic heterocycles. The number of halogens is 3. The smallest absolute Gasteiger partial charge is 0.256 e. The van der Waals surface area contributed by atoms with Crippen molar-refractivity contribution < 1.29 is 4.79 Å². The number of carbonyl (C=O) groups excluding carboxylic acids is 1. The normalized spacial score (nSPS) is 11.0. The molecule has 0 bridgehead atoms. The molecular formula is C12H16Br2ClNOS. The number of rotatable bonds is 6. The van der Waals surface area contributed by atoms with Gasteiger partial charge in [-0.15, -0.1) is 22.9 Å². The lowest BCUT2D eigenvalue weighted by molar-refractivity contribution is 0.0681. The lowest BCUT2D eigenvalue weighted by Gasteiger charge is -2.30. The molecule has 1 amide bonds. The molecule has 0 fully saturated rings. The van der Waals surface area contributed by atoms with Crippen molar-refractivity contribution in [2.45, 2.75) is 32.7 Å². The fraction of sp³-hybridized carbons (Fsp3) is 0.583. The van der Waals surface area contributed by atoms with Gasteiger partial charge in [0.05, 0.1) is 13.1 Å². The van der Waals surface area contributed by atoms with E-state index in [4.69, 9.17) is 11.6 Å². The molecule has 1 heterocycles. The maximum atomic E-state index is 12.6. The van der Waals surface area contributed by atoms with Crippen molar-refractivity contribution in [3.05, 3.63) is 19.2 Å². The van der Waals surface area contributed by atoms with E-state index in [-0.39, 0.29) is 11.9 Å². The van der Waals surface area contributed by atoms with Gasteiger partial charge in [0.2, 0.25) is 0 Å². The first-order valence-electron chi connectivity index (χ1n) is 5.86. The van der Waals surface area contributed by atoms with Gasteiger partial charge >= 0.3 is 0 Å². The van der Waals surface area contributed by atoms with E-state index in [1.807, 2.05) is 11.0 Å². The van der Waals surface area contributed by atoms with E-state index in [1.165, 1.54) is 11.3 Å². The molecule has 0 aliphatic heterocycles. The highest BCUT2D eigenvalue weighted by molar-refractivity contribution is 9.12. The quantitative estimate of drug-likeness (QED) is 0.587. The van der Waals surface area contributed by atoms with Crippen LogP contribution >= 0.6 is 54.8 Å². The van der Waals surface area contributed by atoms with E-state index in [2.05, 4.69) is 45.7 Å². The molecule has 0 aliphatic carbocycles. The summed E-state index contributed by atoms with van der Waals surface area (Å²) in [4.78, 5) is 14.4. The van der Waals surface area contributed by atoms with Crippen LogP contribution in [0.1, 0.15) is 37.0 Å². The van der Waals surface area contributed by atoms with Crippen molar-refractivity contribution in [1.29, 1.82) is 0 Å². The van der Waals surface area contributed by atoms with Crippen molar-refractivity contribution in [3.63, 3.8) is 0 Å². The zero-order valence-corrected chi connectivity index (χ0v) is 15.1. The van der Waals surface area contributed by atoms with Crippen molar-refractivity contribution >= 4 is 60.7 Å². The van der Waals surface area contributed by atoms with Crippen molar-refractivity contribution in [3.8, 4) is 0 Å². The number of alkyl halides is 1. The molecule has 1 rings (SSSR count).